The van der Waals surface area contributed by atoms with Gasteiger partial charge in [-0.3, -0.25) is 4.79 Å². The molecule has 31 heavy (non-hydrogen) atoms. The standard InChI is InChI=1S/C23H17N5O2S/c1-15-11-12-24-20(13-15)28-22(29)17-9-5-6-10-18(17)25-23(28)31-14-19-26-21(30-27-19)16-7-3-2-4-8-16/h2-13H,14H2,1H3. The number of aryl methyl sites for hydroxylation is 1. The Morgan fingerprint density at radius 2 is 1.81 bits per heavy atom. The molecule has 0 atom stereocenters. The number of aromatic nitrogens is 5. The van der Waals surface area contributed by atoms with E-state index in [1.807, 2.05) is 67.6 Å². The molecule has 8 heteroatoms. The van der Waals surface area contributed by atoms with Gasteiger partial charge in [0.25, 0.3) is 11.4 Å². The topological polar surface area (TPSA) is 86.7 Å². The lowest BCUT2D eigenvalue weighted by atomic mass is 10.2. The van der Waals surface area contributed by atoms with Crippen LogP contribution in [0.1, 0.15) is 11.4 Å². The molecule has 0 amide bonds. The Kier molecular flexibility index (Phi) is 5.05. The van der Waals surface area contributed by atoms with Crippen LogP contribution >= 0.6 is 11.8 Å². The number of fused-ring (bicyclic) bond motifs is 1. The summed E-state index contributed by atoms with van der Waals surface area (Å²) in [4.78, 5) is 26.9. The predicted molar refractivity (Wildman–Crippen MR) is 119 cm³/mol. The molecule has 0 aliphatic heterocycles. The Hall–Kier alpha value is -3.78. The molecule has 5 rings (SSSR count). The minimum absolute atomic E-state index is 0.163. The van der Waals surface area contributed by atoms with Crippen molar-refractivity contribution in [1.29, 1.82) is 0 Å². The molecule has 0 saturated carbocycles. The second-order valence-corrected chi connectivity index (χ2v) is 7.86. The van der Waals surface area contributed by atoms with Crippen molar-refractivity contribution in [3.63, 3.8) is 0 Å². The number of benzene rings is 2. The summed E-state index contributed by atoms with van der Waals surface area (Å²) >= 11 is 1.37. The zero-order valence-electron chi connectivity index (χ0n) is 16.6. The average Bonchev–Trinajstić information content (AvgIpc) is 3.27. The second-order valence-electron chi connectivity index (χ2n) is 6.91. The molecule has 0 bridgehead atoms. The van der Waals surface area contributed by atoms with E-state index in [-0.39, 0.29) is 5.56 Å². The predicted octanol–water partition coefficient (Wildman–Crippen LogP) is 4.43. The molecule has 0 saturated heterocycles. The van der Waals surface area contributed by atoms with E-state index in [1.54, 1.807) is 12.3 Å². The van der Waals surface area contributed by atoms with Gasteiger partial charge in [-0.1, -0.05) is 47.3 Å². The van der Waals surface area contributed by atoms with Gasteiger partial charge >= 0.3 is 0 Å². The number of thioether (sulfide) groups is 1. The highest BCUT2D eigenvalue weighted by atomic mass is 32.2. The highest BCUT2D eigenvalue weighted by molar-refractivity contribution is 7.98. The Labute approximate surface area is 181 Å². The van der Waals surface area contributed by atoms with Crippen molar-refractivity contribution in [2.75, 3.05) is 0 Å². The monoisotopic (exact) mass is 427 g/mol. The number of para-hydroxylation sites is 1. The molecule has 7 nitrogen and oxygen atoms in total. The van der Waals surface area contributed by atoms with E-state index >= 15 is 0 Å². The molecule has 2 aromatic carbocycles. The maximum Gasteiger partial charge on any atom is 0.267 e. The van der Waals surface area contributed by atoms with E-state index < -0.39 is 0 Å². The fourth-order valence-electron chi connectivity index (χ4n) is 3.19. The summed E-state index contributed by atoms with van der Waals surface area (Å²) in [5.41, 5.74) is 2.34. The third kappa shape index (κ3) is 3.85. The van der Waals surface area contributed by atoms with Crippen LogP contribution < -0.4 is 5.56 Å². The van der Waals surface area contributed by atoms with Gasteiger partial charge in [0.1, 0.15) is 5.82 Å². The first-order chi connectivity index (χ1) is 15.2. The fraction of sp³-hybridized carbons (Fsp3) is 0.0870. The van der Waals surface area contributed by atoms with Crippen molar-refractivity contribution in [3.05, 3.63) is 94.7 Å². The number of hydrogen-bond acceptors (Lipinski definition) is 7. The van der Waals surface area contributed by atoms with Gasteiger partial charge in [-0.2, -0.15) is 4.98 Å². The number of nitrogens with zero attached hydrogens (tertiary/aromatic N) is 5. The van der Waals surface area contributed by atoms with Gasteiger partial charge in [0, 0.05) is 11.8 Å². The largest absolute Gasteiger partial charge is 0.334 e. The Bertz CT molecular complexity index is 1430. The first-order valence-corrected chi connectivity index (χ1v) is 10.6. The normalized spacial score (nSPS) is 11.1. The van der Waals surface area contributed by atoms with Crippen molar-refractivity contribution >= 4 is 22.7 Å². The van der Waals surface area contributed by atoms with E-state index in [0.717, 1.165) is 11.1 Å². The van der Waals surface area contributed by atoms with Gasteiger partial charge in [-0.05, 0) is 48.9 Å². The molecule has 0 spiro atoms. The second kappa shape index (κ2) is 8.16. The van der Waals surface area contributed by atoms with Crippen LogP contribution in [0.15, 0.2) is 87.4 Å². The first-order valence-electron chi connectivity index (χ1n) is 9.65. The number of pyridine rings is 1. The molecule has 3 heterocycles. The van der Waals surface area contributed by atoms with Crippen molar-refractivity contribution in [1.82, 2.24) is 24.7 Å². The zero-order chi connectivity index (χ0) is 21.2. The lowest BCUT2D eigenvalue weighted by Gasteiger charge is -2.12. The van der Waals surface area contributed by atoms with Crippen LogP contribution in [-0.2, 0) is 5.75 Å². The summed E-state index contributed by atoms with van der Waals surface area (Å²) < 4.78 is 6.93. The Morgan fingerprint density at radius 1 is 1.00 bits per heavy atom. The maximum absolute atomic E-state index is 13.3. The van der Waals surface area contributed by atoms with Crippen LogP contribution in [0.25, 0.3) is 28.2 Å². The summed E-state index contributed by atoms with van der Waals surface area (Å²) in [6, 6.07) is 20.6. The third-order valence-corrected chi connectivity index (χ3v) is 5.63. The molecule has 3 aromatic heterocycles. The molecule has 0 unspecified atom stereocenters. The highest BCUT2D eigenvalue weighted by Crippen LogP contribution is 2.25. The minimum Gasteiger partial charge on any atom is -0.334 e. The van der Waals surface area contributed by atoms with E-state index in [0.29, 0.717) is 39.3 Å². The molecule has 0 radical (unpaired) electrons. The molecule has 5 aromatic rings. The van der Waals surface area contributed by atoms with Crippen molar-refractivity contribution in [2.24, 2.45) is 0 Å². The van der Waals surface area contributed by atoms with Gasteiger partial charge in [0.15, 0.2) is 11.0 Å². The van der Waals surface area contributed by atoms with Gasteiger partial charge in [-0.25, -0.2) is 14.5 Å². The van der Waals surface area contributed by atoms with Crippen molar-refractivity contribution < 1.29 is 4.52 Å². The van der Waals surface area contributed by atoms with E-state index in [2.05, 4.69) is 15.1 Å². The van der Waals surface area contributed by atoms with Crippen molar-refractivity contribution in [2.45, 2.75) is 17.8 Å². The van der Waals surface area contributed by atoms with Gasteiger partial charge in [0.2, 0.25) is 0 Å². The first kappa shape index (κ1) is 19.2. The number of hydrogen-bond donors (Lipinski definition) is 0. The summed E-state index contributed by atoms with van der Waals surface area (Å²) in [5.74, 6) is 1.91. The SMILES string of the molecule is Cc1ccnc(-n2c(SCc3noc(-c4ccccc4)n3)nc3ccccc3c2=O)c1. The Balaban J connectivity index is 1.53. The lowest BCUT2D eigenvalue weighted by molar-refractivity contribution is 0.425. The van der Waals surface area contributed by atoms with Gasteiger partial charge in [-0.15, -0.1) is 0 Å². The quantitative estimate of drug-likeness (QED) is 0.303. The van der Waals surface area contributed by atoms with Crippen LogP contribution in [0.3, 0.4) is 0 Å². The summed E-state index contributed by atoms with van der Waals surface area (Å²) in [6.45, 7) is 1.96. The smallest absolute Gasteiger partial charge is 0.267 e. The molecule has 152 valence electrons. The molecule has 0 aliphatic carbocycles. The van der Waals surface area contributed by atoms with Crippen LogP contribution in [0, 0.1) is 6.92 Å². The lowest BCUT2D eigenvalue weighted by Crippen LogP contribution is -2.22. The summed E-state index contributed by atoms with van der Waals surface area (Å²) in [6.07, 6.45) is 1.69. The van der Waals surface area contributed by atoms with Crippen LogP contribution in [0.2, 0.25) is 0 Å². The van der Waals surface area contributed by atoms with Crippen LogP contribution in [0.5, 0.6) is 0 Å². The zero-order valence-corrected chi connectivity index (χ0v) is 17.4. The van der Waals surface area contributed by atoms with Crippen molar-refractivity contribution in [3.8, 4) is 17.3 Å². The summed E-state index contributed by atoms with van der Waals surface area (Å²) in [5, 5.41) is 5.14. The van der Waals surface area contributed by atoms with E-state index in [9.17, 15) is 4.79 Å². The van der Waals surface area contributed by atoms with E-state index in [4.69, 9.17) is 9.51 Å². The highest BCUT2D eigenvalue weighted by Gasteiger charge is 2.16. The van der Waals surface area contributed by atoms with Crippen LogP contribution in [0.4, 0.5) is 0 Å². The van der Waals surface area contributed by atoms with E-state index in [1.165, 1.54) is 16.3 Å². The average molecular weight is 427 g/mol. The van der Waals surface area contributed by atoms with Gasteiger partial charge in [0.05, 0.1) is 16.7 Å². The molecule has 0 fully saturated rings. The molecular formula is C23H17N5O2S. The fourth-order valence-corrected chi connectivity index (χ4v) is 4.04. The minimum atomic E-state index is -0.163. The molecule has 0 aliphatic rings. The summed E-state index contributed by atoms with van der Waals surface area (Å²) in [7, 11) is 0. The molecular weight excluding hydrogens is 410 g/mol. The van der Waals surface area contributed by atoms with Crippen LogP contribution in [-0.4, -0.2) is 24.7 Å². The molecule has 0 N–H and O–H groups in total. The van der Waals surface area contributed by atoms with Gasteiger partial charge < -0.3 is 4.52 Å². The Morgan fingerprint density at radius 3 is 2.65 bits per heavy atom. The maximum atomic E-state index is 13.3. The number of rotatable bonds is 5. The third-order valence-electron chi connectivity index (χ3n) is 4.69.